The molecule has 3 rings (SSSR count). The fourth-order valence-corrected chi connectivity index (χ4v) is 3.70. The number of carbonyl (C=O) groups excluding carboxylic acids is 2. The van der Waals surface area contributed by atoms with Crippen LogP contribution in [0.15, 0.2) is 36.4 Å². The highest BCUT2D eigenvalue weighted by Gasteiger charge is 2.36. The van der Waals surface area contributed by atoms with Crippen molar-refractivity contribution in [3.05, 3.63) is 41.4 Å². The molecule has 0 saturated carbocycles. The van der Waals surface area contributed by atoms with Crippen LogP contribution in [0.25, 0.3) is 0 Å². The zero-order valence-electron chi connectivity index (χ0n) is 13.7. The van der Waals surface area contributed by atoms with Crippen molar-refractivity contribution in [3.8, 4) is 0 Å². The van der Waals surface area contributed by atoms with Gasteiger partial charge in [0.05, 0.1) is 22.5 Å². The molecule has 2 atom stereocenters. The van der Waals surface area contributed by atoms with Gasteiger partial charge in [-0.1, -0.05) is 35.9 Å². The van der Waals surface area contributed by atoms with Gasteiger partial charge in [0.1, 0.15) is 0 Å². The third kappa shape index (κ3) is 3.81. The average Bonchev–Trinajstić information content (AvgIpc) is 2.63. The normalized spacial score (nSPS) is 23.8. The molecular formula is C19H23ClN2O2. The number of nitrogens with one attached hydrogen (secondary N) is 1. The van der Waals surface area contributed by atoms with Gasteiger partial charge in [-0.05, 0) is 44.2 Å². The molecule has 2 aliphatic rings. The molecule has 0 spiro atoms. The average molecular weight is 347 g/mol. The summed E-state index contributed by atoms with van der Waals surface area (Å²) in [7, 11) is 0. The van der Waals surface area contributed by atoms with Gasteiger partial charge >= 0.3 is 0 Å². The van der Waals surface area contributed by atoms with Crippen molar-refractivity contribution in [1.29, 1.82) is 0 Å². The molecule has 0 radical (unpaired) electrons. The maximum absolute atomic E-state index is 12.9. The Hall–Kier alpha value is -1.81. The van der Waals surface area contributed by atoms with E-state index in [0.29, 0.717) is 23.6 Å². The van der Waals surface area contributed by atoms with Crippen LogP contribution >= 0.6 is 11.6 Å². The molecule has 5 heteroatoms. The molecule has 2 amide bonds. The number of amides is 2. The minimum atomic E-state index is -0.333. The van der Waals surface area contributed by atoms with Crippen molar-refractivity contribution in [3.63, 3.8) is 0 Å². The summed E-state index contributed by atoms with van der Waals surface area (Å²) in [5.41, 5.74) is 0.600. The van der Waals surface area contributed by atoms with E-state index in [1.165, 1.54) is 6.42 Å². The van der Waals surface area contributed by atoms with E-state index in [1.807, 2.05) is 29.2 Å². The summed E-state index contributed by atoms with van der Waals surface area (Å²) in [6.07, 6.45) is 8.55. The minimum Gasteiger partial charge on any atom is -0.342 e. The van der Waals surface area contributed by atoms with Gasteiger partial charge in [0.15, 0.2) is 0 Å². The number of carbonyl (C=O) groups is 2. The fraction of sp³-hybridized carbons (Fsp3) is 0.474. The summed E-state index contributed by atoms with van der Waals surface area (Å²) in [5, 5.41) is 3.40. The fourth-order valence-electron chi connectivity index (χ4n) is 3.51. The highest BCUT2D eigenvalue weighted by atomic mass is 35.5. The number of allylic oxidation sites excluding steroid dienone is 2. The standard InChI is InChI=1S/C19H23ClN2O2/c20-16-10-4-5-11-17(16)21-18(23)14-8-2-3-9-15(14)19(24)22-12-6-1-7-13-22/h2-5,10-11,14-15H,1,6-9,12-13H2,(H,21,23). The van der Waals surface area contributed by atoms with Crippen molar-refractivity contribution in [2.75, 3.05) is 18.4 Å². The van der Waals surface area contributed by atoms with Gasteiger partial charge in [-0.2, -0.15) is 0 Å². The molecule has 1 aliphatic heterocycles. The topological polar surface area (TPSA) is 49.4 Å². The molecule has 128 valence electrons. The van der Waals surface area contributed by atoms with Crippen LogP contribution in [0.4, 0.5) is 5.69 Å². The number of hydrogen-bond acceptors (Lipinski definition) is 2. The molecule has 1 aromatic carbocycles. The first-order valence-electron chi connectivity index (χ1n) is 8.66. The molecule has 4 nitrogen and oxygen atoms in total. The van der Waals surface area contributed by atoms with Crippen LogP contribution in [-0.2, 0) is 9.59 Å². The second kappa shape index (κ2) is 7.84. The van der Waals surface area contributed by atoms with Crippen molar-refractivity contribution in [2.45, 2.75) is 32.1 Å². The van der Waals surface area contributed by atoms with Crippen LogP contribution in [0.2, 0.25) is 5.02 Å². The second-order valence-electron chi connectivity index (χ2n) is 6.51. The molecule has 1 aliphatic carbocycles. The summed E-state index contributed by atoms with van der Waals surface area (Å²) in [6, 6.07) is 7.18. The number of benzene rings is 1. The van der Waals surface area contributed by atoms with Gasteiger partial charge in [-0.15, -0.1) is 0 Å². The van der Waals surface area contributed by atoms with Gasteiger partial charge in [-0.3, -0.25) is 9.59 Å². The predicted octanol–water partition coefficient (Wildman–Crippen LogP) is 3.87. The zero-order chi connectivity index (χ0) is 16.9. The van der Waals surface area contributed by atoms with Crippen LogP contribution in [-0.4, -0.2) is 29.8 Å². The Morgan fingerprint density at radius 3 is 2.38 bits per heavy atom. The monoisotopic (exact) mass is 346 g/mol. The Morgan fingerprint density at radius 2 is 1.67 bits per heavy atom. The SMILES string of the molecule is O=C(Nc1ccccc1Cl)C1CC=CCC1C(=O)N1CCCCC1. The highest BCUT2D eigenvalue weighted by molar-refractivity contribution is 6.33. The van der Waals surface area contributed by atoms with Crippen molar-refractivity contribution in [2.24, 2.45) is 11.8 Å². The first-order valence-corrected chi connectivity index (χ1v) is 9.04. The van der Waals surface area contributed by atoms with E-state index in [0.717, 1.165) is 25.9 Å². The van der Waals surface area contributed by atoms with E-state index >= 15 is 0 Å². The third-order valence-corrected chi connectivity index (χ3v) is 5.22. The predicted molar refractivity (Wildman–Crippen MR) is 95.9 cm³/mol. The second-order valence-corrected chi connectivity index (χ2v) is 6.92. The van der Waals surface area contributed by atoms with E-state index in [4.69, 9.17) is 11.6 Å². The number of anilines is 1. The van der Waals surface area contributed by atoms with E-state index in [2.05, 4.69) is 5.32 Å². The molecular weight excluding hydrogens is 324 g/mol. The maximum atomic E-state index is 12.9. The Kier molecular flexibility index (Phi) is 5.56. The number of hydrogen-bond donors (Lipinski definition) is 1. The number of likely N-dealkylation sites (tertiary alicyclic amines) is 1. The Balaban J connectivity index is 1.72. The molecule has 24 heavy (non-hydrogen) atoms. The van der Waals surface area contributed by atoms with Crippen molar-refractivity contribution >= 4 is 29.1 Å². The van der Waals surface area contributed by atoms with Crippen LogP contribution < -0.4 is 5.32 Å². The Morgan fingerprint density at radius 1 is 1.00 bits per heavy atom. The number of rotatable bonds is 3. The lowest BCUT2D eigenvalue weighted by molar-refractivity contribution is -0.141. The smallest absolute Gasteiger partial charge is 0.228 e. The molecule has 2 unspecified atom stereocenters. The summed E-state index contributed by atoms with van der Waals surface area (Å²) in [6.45, 7) is 1.63. The maximum Gasteiger partial charge on any atom is 0.228 e. The van der Waals surface area contributed by atoms with E-state index in [-0.39, 0.29) is 23.7 Å². The van der Waals surface area contributed by atoms with Gasteiger partial charge < -0.3 is 10.2 Å². The number of halogens is 1. The number of nitrogens with zero attached hydrogens (tertiary/aromatic N) is 1. The van der Waals surface area contributed by atoms with E-state index < -0.39 is 0 Å². The lowest BCUT2D eigenvalue weighted by atomic mass is 9.81. The van der Waals surface area contributed by atoms with Crippen molar-refractivity contribution in [1.82, 2.24) is 4.90 Å². The first-order chi connectivity index (χ1) is 11.7. The van der Waals surface area contributed by atoms with Gasteiger partial charge in [-0.25, -0.2) is 0 Å². The lowest BCUT2D eigenvalue weighted by Gasteiger charge is -2.34. The third-order valence-electron chi connectivity index (χ3n) is 4.89. The molecule has 1 fully saturated rings. The van der Waals surface area contributed by atoms with Crippen LogP contribution in [0.5, 0.6) is 0 Å². The van der Waals surface area contributed by atoms with E-state index in [1.54, 1.807) is 12.1 Å². The zero-order valence-corrected chi connectivity index (χ0v) is 14.5. The molecule has 0 bridgehead atoms. The lowest BCUT2D eigenvalue weighted by Crippen LogP contribution is -2.45. The number of piperidine rings is 1. The summed E-state index contributed by atoms with van der Waals surface area (Å²) in [5.74, 6) is -0.600. The summed E-state index contributed by atoms with van der Waals surface area (Å²) < 4.78 is 0. The van der Waals surface area contributed by atoms with Crippen molar-refractivity contribution < 1.29 is 9.59 Å². The largest absolute Gasteiger partial charge is 0.342 e. The van der Waals surface area contributed by atoms with Crippen LogP contribution in [0.3, 0.4) is 0 Å². The molecule has 0 aromatic heterocycles. The summed E-state index contributed by atoms with van der Waals surface area (Å²) >= 11 is 6.12. The molecule has 1 saturated heterocycles. The Labute approximate surface area is 147 Å². The van der Waals surface area contributed by atoms with Crippen LogP contribution in [0, 0.1) is 11.8 Å². The van der Waals surface area contributed by atoms with Gasteiger partial charge in [0.25, 0.3) is 0 Å². The van der Waals surface area contributed by atoms with E-state index in [9.17, 15) is 9.59 Å². The summed E-state index contributed by atoms with van der Waals surface area (Å²) in [4.78, 5) is 27.5. The Bertz CT molecular complexity index is 638. The molecule has 1 N–H and O–H groups in total. The highest BCUT2D eigenvalue weighted by Crippen LogP contribution is 2.30. The van der Waals surface area contributed by atoms with Gasteiger partial charge in [0, 0.05) is 13.1 Å². The first kappa shape index (κ1) is 17.0. The quantitative estimate of drug-likeness (QED) is 0.844. The number of para-hydroxylation sites is 1. The molecule has 1 heterocycles. The van der Waals surface area contributed by atoms with Gasteiger partial charge in [0.2, 0.25) is 11.8 Å². The van der Waals surface area contributed by atoms with Crippen LogP contribution in [0.1, 0.15) is 32.1 Å². The minimum absolute atomic E-state index is 0.122. The molecule has 1 aromatic rings.